The second-order valence-electron chi connectivity index (χ2n) is 5.63. The molecule has 1 aliphatic heterocycles. The van der Waals surface area contributed by atoms with Gasteiger partial charge in [0.2, 0.25) is 0 Å². The molecule has 2 aliphatic rings. The fourth-order valence-corrected chi connectivity index (χ4v) is 3.00. The van der Waals surface area contributed by atoms with Gasteiger partial charge in [0.25, 0.3) is 0 Å². The van der Waals surface area contributed by atoms with Crippen molar-refractivity contribution in [3.8, 4) is 0 Å². The molecule has 1 aliphatic carbocycles. The van der Waals surface area contributed by atoms with E-state index in [2.05, 4.69) is 6.92 Å². The van der Waals surface area contributed by atoms with Gasteiger partial charge in [0.05, 0.1) is 18.8 Å². The molecule has 3 nitrogen and oxygen atoms in total. The van der Waals surface area contributed by atoms with Gasteiger partial charge in [0, 0.05) is 19.1 Å². The summed E-state index contributed by atoms with van der Waals surface area (Å²) >= 11 is 0. The third-order valence-electron chi connectivity index (χ3n) is 4.07. The summed E-state index contributed by atoms with van der Waals surface area (Å²) in [5, 5.41) is 0. The van der Waals surface area contributed by atoms with E-state index in [9.17, 15) is 0 Å². The van der Waals surface area contributed by atoms with E-state index in [1.807, 2.05) is 0 Å². The maximum absolute atomic E-state index is 6.17. The fraction of sp³-hybridized carbons (Fsp3) is 1.00. The third kappa shape index (κ3) is 2.96. The minimum Gasteiger partial charge on any atom is -0.381 e. The summed E-state index contributed by atoms with van der Waals surface area (Å²) in [6, 6.07) is 0. The van der Waals surface area contributed by atoms with E-state index in [0.29, 0.717) is 12.5 Å². The van der Waals surface area contributed by atoms with Gasteiger partial charge in [-0.15, -0.1) is 0 Å². The van der Waals surface area contributed by atoms with E-state index in [1.165, 1.54) is 12.8 Å². The van der Waals surface area contributed by atoms with E-state index in [0.717, 1.165) is 45.0 Å². The van der Waals surface area contributed by atoms with E-state index < -0.39 is 0 Å². The van der Waals surface area contributed by atoms with Crippen LogP contribution in [-0.4, -0.2) is 32.0 Å². The van der Waals surface area contributed by atoms with Crippen LogP contribution in [0.4, 0.5) is 0 Å². The number of nitrogens with two attached hydrogens (primary N) is 1. The van der Waals surface area contributed by atoms with Gasteiger partial charge in [-0.05, 0) is 25.2 Å². The molecule has 16 heavy (non-hydrogen) atoms. The van der Waals surface area contributed by atoms with Crippen LogP contribution >= 0.6 is 0 Å². The van der Waals surface area contributed by atoms with Crippen molar-refractivity contribution in [2.75, 3.05) is 26.4 Å². The molecule has 3 atom stereocenters. The molecular formula is C13H25NO2. The molecule has 0 radical (unpaired) electrons. The Bertz CT molecular complexity index is 216. The van der Waals surface area contributed by atoms with Crippen LogP contribution in [0, 0.1) is 11.8 Å². The molecule has 0 aromatic heterocycles. The molecule has 0 amide bonds. The molecule has 1 saturated carbocycles. The van der Waals surface area contributed by atoms with E-state index in [1.54, 1.807) is 0 Å². The summed E-state index contributed by atoms with van der Waals surface area (Å²) in [5.41, 5.74) is 5.90. The van der Waals surface area contributed by atoms with Gasteiger partial charge in [-0.25, -0.2) is 0 Å². The van der Waals surface area contributed by atoms with Gasteiger partial charge in [0.15, 0.2) is 0 Å². The lowest BCUT2D eigenvalue weighted by atomic mass is 9.78. The fourth-order valence-electron chi connectivity index (χ4n) is 3.00. The van der Waals surface area contributed by atoms with Crippen LogP contribution in [0.15, 0.2) is 0 Å². The minimum atomic E-state index is -0.0275. The second kappa shape index (κ2) is 5.48. The van der Waals surface area contributed by atoms with Crippen LogP contribution in [0.1, 0.15) is 39.0 Å². The summed E-state index contributed by atoms with van der Waals surface area (Å²) in [6.07, 6.45) is 6.02. The standard InChI is InChI=1S/C13H25NO2/c1-11-3-2-5-13(7-11,10-14)16-9-12-4-6-15-8-12/h11-12H,2-10,14H2,1H3. The zero-order valence-electron chi connectivity index (χ0n) is 10.4. The van der Waals surface area contributed by atoms with Crippen LogP contribution in [0.5, 0.6) is 0 Å². The van der Waals surface area contributed by atoms with Gasteiger partial charge < -0.3 is 15.2 Å². The van der Waals surface area contributed by atoms with E-state index in [4.69, 9.17) is 15.2 Å². The van der Waals surface area contributed by atoms with Crippen molar-refractivity contribution in [2.24, 2.45) is 17.6 Å². The van der Waals surface area contributed by atoms with Crippen LogP contribution in [-0.2, 0) is 9.47 Å². The Morgan fingerprint density at radius 1 is 1.44 bits per heavy atom. The number of hydrogen-bond donors (Lipinski definition) is 1. The second-order valence-corrected chi connectivity index (χ2v) is 5.63. The number of ether oxygens (including phenoxy) is 2. The molecule has 0 spiro atoms. The van der Waals surface area contributed by atoms with Crippen molar-refractivity contribution in [2.45, 2.75) is 44.6 Å². The normalized spacial score (nSPS) is 40.1. The van der Waals surface area contributed by atoms with Gasteiger partial charge in [-0.1, -0.05) is 19.8 Å². The van der Waals surface area contributed by atoms with Crippen molar-refractivity contribution in [1.82, 2.24) is 0 Å². The Kier molecular flexibility index (Phi) is 4.22. The molecule has 2 rings (SSSR count). The first-order chi connectivity index (χ1) is 7.74. The van der Waals surface area contributed by atoms with Crippen molar-refractivity contribution >= 4 is 0 Å². The highest BCUT2D eigenvalue weighted by Gasteiger charge is 2.35. The lowest BCUT2D eigenvalue weighted by molar-refractivity contribution is -0.0869. The Morgan fingerprint density at radius 3 is 2.94 bits per heavy atom. The van der Waals surface area contributed by atoms with Crippen LogP contribution in [0.3, 0.4) is 0 Å². The maximum atomic E-state index is 6.17. The van der Waals surface area contributed by atoms with E-state index >= 15 is 0 Å². The molecule has 1 saturated heterocycles. The Labute approximate surface area is 98.7 Å². The van der Waals surface area contributed by atoms with Gasteiger partial charge >= 0.3 is 0 Å². The zero-order valence-corrected chi connectivity index (χ0v) is 10.4. The predicted molar refractivity (Wildman–Crippen MR) is 64.3 cm³/mol. The van der Waals surface area contributed by atoms with Gasteiger partial charge in [0.1, 0.15) is 0 Å². The molecular weight excluding hydrogens is 202 g/mol. The van der Waals surface area contributed by atoms with E-state index in [-0.39, 0.29) is 5.60 Å². The monoisotopic (exact) mass is 227 g/mol. The van der Waals surface area contributed by atoms with Crippen molar-refractivity contribution in [1.29, 1.82) is 0 Å². The van der Waals surface area contributed by atoms with Crippen LogP contribution < -0.4 is 5.73 Å². The van der Waals surface area contributed by atoms with Crippen molar-refractivity contribution in [3.05, 3.63) is 0 Å². The van der Waals surface area contributed by atoms with Gasteiger partial charge in [-0.3, -0.25) is 0 Å². The molecule has 1 heterocycles. The first kappa shape index (κ1) is 12.3. The highest BCUT2D eigenvalue weighted by molar-refractivity contribution is 4.88. The summed E-state index contributed by atoms with van der Waals surface area (Å²) in [4.78, 5) is 0. The molecule has 0 bridgehead atoms. The SMILES string of the molecule is CC1CCCC(CN)(OCC2CCOC2)C1. The first-order valence-electron chi connectivity index (χ1n) is 6.66. The largest absolute Gasteiger partial charge is 0.381 e. The predicted octanol–water partition coefficient (Wildman–Crippen LogP) is 1.95. The lowest BCUT2D eigenvalue weighted by Crippen LogP contribution is -2.45. The molecule has 94 valence electrons. The summed E-state index contributed by atoms with van der Waals surface area (Å²) in [7, 11) is 0. The third-order valence-corrected chi connectivity index (χ3v) is 4.07. The number of rotatable bonds is 4. The van der Waals surface area contributed by atoms with Gasteiger partial charge in [-0.2, -0.15) is 0 Å². The summed E-state index contributed by atoms with van der Waals surface area (Å²) in [5.74, 6) is 1.36. The lowest BCUT2D eigenvalue weighted by Gasteiger charge is -2.39. The quantitative estimate of drug-likeness (QED) is 0.798. The van der Waals surface area contributed by atoms with Crippen LogP contribution in [0.2, 0.25) is 0 Å². The molecule has 2 N–H and O–H groups in total. The molecule has 2 fully saturated rings. The van der Waals surface area contributed by atoms with Crippen molar-refractivity contribution in [3.63, 3.8) is 0 Å². The molecule has 3 heteroatoms. The summed E-state index contributed by atoms with van der Waals surface area (Å²) < 4.78 is 11.5. The average Bonchev–Trinajstić information content (AvgIpc) is 2.79. The smallest absolute Gasteiger partial charge is 0.0806 e. The Hall–Kier alpha value is -0.120. The topological polar surface area (TPSA) is 44.5 Å². The minimum absolute atomic E-state index is 0.0275. The van der Waals surface area contributed by atoms with Crippen LogP contribution in [0.25, 0.3) is 0 Å². The Morgan fingerprint density at radius 2 is 2.31 bits per heavy atom. The van der Waals surface area contributed by atoms with Crippen molar-refractivity contribution < 1.29 is 9.47 Å². The highest BCUT2D eigenvalue weighted by atomic mass is 16.5. The first-order valence-corrected chi connectivity index (χ1v) is 6.66. The molecule has 0 aromatic rings. The Balaban J connectivity index is 1.83. The molecule has 0 aromatic carbocycles. The zero-order chi connectivity index (χ0) is 11.4. The highest BCUT2D eigenvalue weighted by Crippen LogP contribution is 2.35. The number of hydrogen-bond acceptors (Lipinski definition) is 3. The molecule has 3 unspecified atom stereocenters. The average molecular weight is 227 g/mol. The maximum Gasteiger partial charge on any atom is 0.0806 e. The summed E-state index contributed by atoms with van der Waals surface area (Å²) in [6.45, 7) is 5.59.